The molecule has 0 bridgehead atoms. The van der Waals surface area contributed by atoms with Crippen LogP contribution in [-0.4, -0.2) is 35.6 Å². The Morgan fingerprint density at radius 2 is 1.39 bits per heavy atom. The molecule has 7 heteroatoms. The second kappa shape index (κ2) is 11.9. The van der Waals surface area contributed by atoms with Crippen LogP contribution in [-0.2, 0) is 11.3 Å². The number of esters is 1. The van der Waals surface area contributed by atoms with E-state index in [9.17, 15) is 4.79 Å². The Morgan fingerprint density at radius 1 is 0.806 bits per heavy atom. The van der Waals surface area contributed by atoms with Crippen molar-refractivity contribution in [1.29, 1.82) is 0 Å². The minimum atomic E-state index is -0.494. The Bertz CT molecular complexity index is 1260. The summed E-state index contributed by atoms with van der Waals surface area (Å²) >= 11 is 0. The lowest BCUT2D eigenvalue weighted by molar-refractivity contribution is 0.0472. The molecule has 0 aliphatic carbocycles. The Kier molecular flexibility index (Phi) is 8.24. The fourth-order valence-electron chi connectivity index (χ4n) is 3.80. The third-order valence-corrected chi connectivity index (χ3v) is 5.36. The van der Waals surface area contributed by atoms with Crippen molar-refractivity contribution in [2.75, 3.05) is 19.8 Å². The summed E-state index contributed by atoms with van der Waals surface area (Å²) in [7, 11) is 0. The molecule has 0 N–H and O–H groups in total. The fourth-order valence-corrected chi connectivity index (χ4v) is 3.80. The van der Waals surface area contributed by atoms with E-state index in [4.69, 9.17) is 24.0 Å². The topological polar surface area (TPSA) is 71.8 Å². The van der Waals surface area contributed by atoms with E-state index in [1.54, 1.807) is 16.8 Å². The zero-order chi connectivity index (χ0) is 25.3. The maximum atomic E-state index is 13.1. The molecule has 36 heavy (non-hydrogen) atoms. The maximum Gasteiger partial charge on any atom is 0.338 e. The SMILES string of the molecule is CCOc1cc(C(=O)OCc2cn(-c3ccccc3)nc2-c2ccccc2)cc(OCC)c1OCC. The van der Waals surface area contributed by atoms with E-state index < -0.39 is 5.97 Å². The number of carbonyl (C=O) groups is 1. The van der Waals surface area contributed by atoms with Gasteiger partial charge in [-0.2, -0.15) is 5.10 Å². The van der Waals surface area contributed by atoms with Crippen LogP contribution in [0.3, 0.4) is 0 Å². The lowest BCUT2D eigenvalue weighted by Crippen LogP contribution is -2.09. The lowest BCUT2D eigenvalue weighted by Gasteiger charge is -2.16. The first-order valence-electron chi connectivity index (χ1n) is 12.1. The van der Waals surface area contributed by atoms with Gasteiger partial charge in [0.2, 0.25) is 5.75 Å². The normalized spacial score (nSPS) is 10.6. The zero-order valence-corrected chi connectivity index (χ0v) is 20.8. The minimum Gasteiger partial charge on any atom is -0.490 e. The number of aromatic nitrogens is 2. The highest BCUT2D eigenvalue weighted by atomic mass is 16.5. The van der Waals surface area contributed by atoms with Gasteiger partial charge in [-0.25, -0.2) is 9.48 Å². The van der Waals surface area contributed by atoms with Crippen molar-refractivity contribution in [3.05, 3.63) is 90.1 Å². The molecule has 1 aromatic heterocycles. The quantitative estimate of drug-likeness (QED) is 0.239. The molecule has 4 rings (SSSR count). The summed E-state index contributed by atoms with van der Waals surface area (Å²) < 4.78 is 24.7. The molecule has 0 fully saturated rings. The number of para-hydroxylation sites is 1. The van der Waals surface area contributed by atoms with Crippen LogP contribution in [0.2, 0.25) is 0 Å². The Labute approximate surface area is 211 Å². The summed E-state index contributed by atoms with van der Waals surface area (Å²) in [6.07, 6.45) is 1.89. The summed E-state index contributed by atoms with van der Waals surface area (Å²) in [6.45, 7) is 6.96. The van der Waals surface area contributed by atoms with Crippen molar-refractivity contribution < 1.29 is 23.7 Å². The van der Waals surface area contributed by atoms with Gasteiger partial charge in [0.25, 0.3) is 0 Å². The average Bonchev–Trinajstić information content (AvgIpc) is 3.34. The number of nitrogens with zero attached hydrogens (tertiary/aromatic N) is 2. The molecule has 0 atom stereocenters. The van der Waals surface area contributed by atoms with Crippen LogP contribution in [0.25, 0.3) is 16.9 Å². The van der Waals surface area contributed by atoms with Crippen molar-refractivity contribution >= 4 is 5.97 Å². The van der Waals surface area contributed by atoms with Gasteiger partial charge in [-0.15, -0.1) is 0 Å². The molecule has 0 amide bonds. The summed E-state index contributed by atoms with van der Waals surface area (Å²) in [5, 5.41) is 4.78. The molecule has 0 radical (unpaired) electrons. The molecule has 0 unspecified atom stereocenters. The number of hydrogen-bond acceptors (Lipinski definition) is 6. The van der Waals surface area contributed by atoms with Crippen molar-refractivity contribution in [2.24, 2.45) is 0 Å². The molecule has 1 heterocycles. The van der Waals surface area contributed by atoms with E-state index >= 15 is 0 Å². The Morgan fingerprint density at radius 3 is 1.97 bits per heavy atom. The predicted molar refractivity (Wildman–Crippen MR) is 138 cm³/mol. The van der Waals surface area contributed by atoms with Gasteiger partial charge in [0.05, 0.1) is 36.8 Å². The van der Waals surface area contributed by atoms with E-state index in [-0.39, 0.29) is 6.61 Å². The number of ether oxygens (including phenoxy) is 4. The van der Waals surface area contributed by atoms with Gasteiger partial charge < -0.3 is 18.9 Å². The highest BCUT2D eigenvalue weighted by molar-refractivity contribution is 5.91. The van der Waals surface area contributed by atoms with E-state index in [2.05, 4.69) is 0 Å². The third kappa shape index (κ3) is 5.68. The molecule has 7 nitrogen and oxygen atoms in total. The number of benzene rings is 3. The largest absolute Gasteiger partial charge is 0.490 e. The number of rotatable bonds is 11. The summed E-state index contributed by atoms with van der Waals surface area (Å²) in [4.78, 5) is 13.1. The van der Waals surface area contributed by atoms with Crippen LogP contribution in [0.15, 0.2) is 79.0 Å². The second-order valence-corrected chi connectivity index (χ2v) is 7.83. The van der Waals surface area contributed by atoms with Gasteiger partial charge >= 0.3 is 5.97 Å². The Hall–Kier alpha value is -4.26. The molecular weight excluding hydrogens is 456 g/mol. The van der Waals surface area contributed by atoms with Gasteiger partial charge in [0.1, 0.15) is 6.61 Å². The molecule has 0 saturated heterocycles. The first-order chi connectivity index (χ1) is 17.6. The first kappa shape index (κ1) is 24.9. The van der Waals surface area contributed by atoms with Gasteiger partial charge in [-0.05, 0) is 45.0 Å². The molecule has 0 spiro atoms. The van der Waals surface area contributed by atoms with Crippen LogP contribution in [0.1, 0.15) is 36.7 Å². The van der Waals surface area contributed by atoms with Crippen LogP contribution >= 0.6 is 0 Å². The van der Waals surface area contributed by atoms with Gasteiger partial charge in [-0.3, -0.25) is 0 Å². The maximum absolute atomic E-state index is 13.1. The van der Waals surface area contributed by atoms with Gasteiger partial charge in [0, 0.05) is 17.3 Å². The van der Waals surface area contributed by atoms with Gasteiger partial charge in [0.15, 0.2) is 11.5 Å². The number of hydrogen-bond donors (Lipinski definition) is 0. The molecule has 3 aromatic carbocycles. The van der Waals surface area contributed by atoms with Crippen LogP contribution < -0.4 is 14.2 Å². The molecule has 0 aliphatic heterocycles. The van der Waals surface area contributed by atoms with Crippen LogP contribution in [0, 0.1) is 0 Å². The van der Waals surface area contributed by atoms with Crippen molar-refractivity contribution in [2.45, 2.75) is 27.4 Å². The van der Waals surface area contributed by atoms with Crippen molar-refractivity contribution in [3.63, 3.8) is 0 Å². The standard InChI is InChI=1S/C29H30N2O5/c1-4-33-25-17-22(18-26(34-5-2)28(25)35-6-3)29(32)36-20-23-19-31(24-15-11-8-12-16-24)30-27(23)21-13-9-7-10-14-21/h7-19H,4-6,20H2,1-3H3. The fraction of sp³-hybridized carbons (Fsp3) is 0.241. The molecule has 0 saturated carbocycles. The van der Waals surface area contributed by atoms with Gasteiger partial charge in [-0.1, -0.05) is 48.5 Å². The predicted octanol–water partition coefficient (Wildman–Crippen LogP) is 6.09. The second-order valence-electron chi connectivity index (χ2n) is 7.83. The molecule has 4 aromatic rings. The monoisotopic (exact) mass is 486 g/mol. The molecule has 0 aliphatic rings. The third-order valence-electron chi connectivity index (χ3n) is 5.36. The zero-order valence-electron chi connectivity index (χ0n) is 20.8. The average molecular weight is 487 g/mol. The van der Waals surface area contributed by atoms with E-state index in [0.717, 1.165) is 22.5 Å². The van der Waals surface area contributed by atoms with E-state index in [1.807, 2.05) is 87.6 Å². The van der Waals surface area contributed by atoms with Crippen molar-refractivity contribution in [1.82, 2.24) is 9.78 Å². The highest BCUT2D eigenvalue weighted by Gasteiger charge is 2.20. The van der Waals surface area contributed by atoms with E-state index in [0.29, 0.717) is 42.6 Å². The summed E-state index contributed by atoms with van der Waals surface area (Å²) in [5.41, 5.74) is 3.73. The van der Waals surface area contributed by atoms with E-state index in [1.165, 1.54) is 0 Å². The minimum absolute atomic E-state index is 0.0526. The summed E-state index contributed by atoms with van der Waals surface area (Å²) in [6, 6.07) is 22.9. The smallest absolute Gasteiger partial charge is 0.338 e. The Balaban J connectivity index is 1.63. The first-order valence-corrected chi connectivity index (χ1v) is 12.1. The summed E-state index contributed by atoms with van der Waals surface area (Å²) in [5.74, 6) is 0.873. The highest BCUT2D eigenvalue weighted by Crippen LogP contribution is 2.39. The molecule has 186 valence electrons. The van der Waals surface area contributed by atoms with Crippen molar-refractivity contribution in [3.8, 4) is 34.2 Å². The van der Waals surface area contributed by atoms with Crippen LogP contribution in [0.4, 0.5) is 0 Å². The van der Waals surface area contributed by atoms with Crippen LogP contribution in [0.5, 0.6) is 17.2 Å². The lowest BCUT2D eigenvalue weighted by atomic mass is 10.1. The molecular formula is C29H30N2O5. The number of carbonyl (C=O) groups excluding carboxylic acids is 1.